The fraction of sp³-hybridized carbons (Fsp3) is 0.133. The van der Waals surface area contributed by atoms with Crippen LogP contribution in [0.1, 0.15) is 11.3 Å². The van der Waals surface area contributed by atoms with Crippen molar-refractivity contribution >= 4 is 38.3 Å². The Balaban J connectivity index is 2.06. The first-order valence-electron chi connectivity index (χ1n) is 6.62. The Morgan fingerprint density at radius 3 is 2.65 bits per heavy atom. The van der Waals surface area contributed by atoms with Crippen molar-refractivity contribution in [3.8, 4) is 0 Å². The zero-order valence-electron chi connectivity index (χ0n) is 12.2. The standard InChI is InChI=1S/C15H12ClFN2O3S/c1-8-5-14-11(9(2)18-22-14)7-13(8)19-23(20,21)15-4-3-10(17)6-12(15)16/h3-7,19H,1-2H3. The predicted molar refractivity (Wildman–Crippen MR) is 85.7 cm³/mol. The van der Waals surface area contributed by atoms with Gasteiger partial charge < -0.3 is 4.52 Å². The van der Waals surface area contributed by atoms with Crippen molar-refractivity contribution in [3.05, 3.63) is 52.4 Å². The van der Waals surface area contributed by atoms with Gasteiger partial charge in [-0.15, -0.1) is 0 Å². The molecule has 120 valence electrons. The average Bonchev–Trinajstić information content (AvgIpc) is 2.79. The van der Waals surface area contributed by atoms with Crippen LogP contribution in [0.15, 0.2) is 39.8 Å². The van der Waals surface area contributed by atoms with Gasteiger partial charge >= 0.3 is 0 Å². The van der Waals surface area contributed by atoms with E-state index in [0.29, 0.717) is 27.9 Å². The summed E-state index contributed by atoms with van der Waals surface area (Å²) in [7, 11) is -3.95. The molecular weight excluding hydrogens is 343 g/mol. The molecule has 3 rings (SSSR count). The molecule has 0 atom stereocenters. The Kier molecular flexibility index (Phi) is 3.77. The molecule has 0 aliphatic carbocycles. The summed E-state index contributed by atoms with van der Waals surface area (Å²) in [5, 5.41) is 4.37. The molecule has 23 heavy (non-hydrogen) atoms. The summed E-state index contributed by atoms with van der Waals surface area (Å²) in [6.07, 6.45) is 0. The van der Waals surface area contributed by atoms with Gasteiger partial charge in [-0.1, -0.05) is 16.8 Å². The number of hydrogen-bond donors (Lipinski definition) is 1. The van der Waals surface area contributed by atoms with Crippen LogP contribution in [0.3, 0.4) is 0 Å². The summed E-state index contributed by atoms with van der Waals surface area (Å²) in [4.78, 5) is -0.192. The smallest absolute Gasteiger partial charge is 0.263 e. The molecule has 3 aromatic rings. The van der Waals surface area contributed by atoms with E-state index in [9.17, 15) is 12.8 Å². The number of sulfonamides is 1. The maximum Gasteiger partial charge on any atom is 0.263 e. The minimum absolute atomic E-state index is 0.183. The van der Waals surface area contributed by atoms with E-state index in [2.05, 4.69) is 9.88 Å². The van der Waals surface area contributed by atoms with Crippen molar-refractivity contribution in [2.24, 2.45) is 0 Å². The number of nitrogens with zero attached hydrogens (tertiary/aromatic N) is 1. The summed E-state index contributed by atoms with van der Waals surface area (Å²) in [6, 6.07) is 6.46. The lowest BCUT2D eigenvalue weighted by atomic mass is 10.1. The molecule has 0 aliphatic heterocycles. The first-order valence-corrected chi connectivity index (χ1v) is 8.48. The third-order valence-electron chi connectivity index (χ3n) is 3.43. The van der Waals surface area contributed by atoms with Crippen molar-refractivity contribution in [2.75, 3.05) is 4.72 Å². The third-order valence-corrected chi connectivity index (χ3v) is 5.27. The number of fused-ring (bicyclic) bond motifs is 1. The van der Waals surface area contributed by atoms with E-state index in [4.69, 9.17) is 16.1 Å². The van der Waals surface area contributed by atoms with Gasteiger partial charge in [-0.05, 0) is 49.7 Å². The van der Waals surface area contributed by atoms with Gasteiger partial charge in [-0.2, -0.15) is 0 Å². The first kappa shape index (κ1) is 15.8. The minimum atomic E-state index is -3.95. The van der Waals surface area contributed by atoms with Crippen LogP contribution in [0.25, 0.3) is 11.0 Å². The molecule has 5 nitrogen and oxygen atoms in total. The number of aryl methyl sites for hydroxylation is 2. The van der Waals surface area contributed by atoms with E-state index >= 15 is 0 Å². The van der Waals surface area contributed by atoms with Crippen LogP contribution in [0.4, 0.5) is 10.1 Å². The van der Waals surface area contributed by atoms with Crippen LogP contribution in [-0.4, -0.2) is 13.6 Å². The van der Waals surface area contributed by atoms with Crippen molar-refractivity contribution in [2.45, 2.75) is 18.7 Å². The monoisotopic (exact) mass is 354 g/mol. The molecule has 2 aromatic carbocycles. The average molecular weight is 355 g/mol. The molecule has 0 unspecified atom stereocenters. The molecule has 0 saturated carbocycles. The van der Waals surface area contributed by atoms with E-state index in [1.807, 2.05) is 0 Å². The van der Waals surface area contributed by atoms with Crippen molar-refractivity contribution < 1.29 is 17.3 Å². The van der Waals surface area contributed by atoms with Crippen LogP contribution < -0.4 is 4.72 Å². The van der Waals surface area contributed by atoms with Crippen LogP contribution >= 0.6 is 11.6 Å². The van der Waals surface area contributed by atoms with Gasteiger partial charge in [0.25, 0.3) is 10.0 Å². The highest BCUT2D eigenvalue weighted by molar-refractivity contribution is 7.92. The Hall–Kier alpha value is -2.12. The van der Waals surface area contributed by atoms with E-state index in [1.54, 1.807) is 26.0 Å². The second-order valence-electron chi connectivity index (χ2n) is 5.11. The van der Waals surface area contributed by atoms with Crippen LogP contribution in [0.5, 0.6) is 0 Å². The zero-order chi connectivity index (χ0) is 16.8. The second kappa shape index (κ2) is 5.50. The van der Waals surface area contributed by atoms with Crippen LogP contribution in [-0.2, 0) is 10.0 Å². The molecule has 8 heteroatoms. The number of anilines is 1. The lowest BCUT2D eigenvalue weighted by Gasteiger charge is -2.11. The van der Waals surface area contributed by atoms with Gasteiger partial charge in [-0.25, -0.2) is 12.8 Å². The Bertz CT molecular complexity index is 1010. The molecule has 1 aromatic heterocycles. The highest BCUT2D eigenvalue weighted by atomic mass is 35.5. The zero-order valence-corrected chi connectivity index (χ0v) is 13.8. The topological polar surface area (TPSA) is 72.2 Å². The number of rotatable bonds is 3. The van der Waals surface area contributed by atoms with Crippen LogP contribution in [0, 0.1) is 19.7 Å². The number of aromatic nitrogens is 1. The van der Waals surface area contributed by atoms with E-state index in [1.165, 1.54) is 0 Å². The highest BCUT2D eigenvalue weighted by Crippen LogP contribution is 2.29. The molecule has 1 heterocycles. The van der Waals surface area contributed by atoms with Crippen molar-refractivity contribution in [1.29, 1.82) is 0 Å². The molecule has 0 fully saturated rings. The molecule has 0 aliphatic rings. The Morgan fingerprint density at radius 2 is 1.96 bits per heavy atom. The van der Waals surface area contributed by atoms with E-state index in [-0.39, 0.29) is 9.92 Å². The summed E-state index contributed by atoms with van der Waals surface area (Å²) < 4.78 is 45.7. The van der Waals surface area contributed by atoms with Gasteiger partial charge in [-0.3, -0.25) is 4.72 Å². The number of halogens is 2. The normalized spacial score (nSPS) is 11.8. The second-order valence-corrected chi connectivity index (χ2v) is 7.17. The maximum atomic E-state index is 13.1. The van der Waals surface area contributed by atoms with Gasteiger partial charge in [0.2, 0.25) is 0 Å². The predicted octanol–water partition coefficient (Wildman–Crippen LogP) is 4.04. The quantitative estimate of drug-likeness (QED) is 0.770. The summed E-state index contributed by atoms with van der Waals surface area (Å²) in [5.74, 6) is -0.605. The molecule has 0 amide bonds. The summed E-state index contributed by atoms with van der Waals surface area (Å²) in [6.45, 7) is 3.50. The molecule has 0 radical (unpaired) electrons. The molecule has 0 spiro atoms. The first-order chi connectivity index (χ1) is 10.8. The van der Waals surface area contributed by atoms with E-state index in [0.717, 1.165) is 18.2 Å². The fourth-order valence-electron chi connectivity index (χ4n) is 2.21. The van der Waals surface area contributed by atoms with Gasteiger partial charge in [0.15, 0.2) is 5.58 Å². The third kappa shape index (κ3) is 2.89. The number of benzene rings is 2. The number of hydrogen-bond acceptors (Lipinski definition) is 4. The molecule has 0 saturated heterocycles. The lowest BCUT2D eigenvalue weighted by Crippen LogP contribution is -2.14. The van der Waals surface area contributed by atoms with Gasteiger partial charge in [0.05, 0.1) is 16.4 Å². The van der Waals surface area contributed by atoms with E-state index < -0.39 is 15.8 Å². The highest BCUT2D eigenvalue weighted by Gasteiger charge is 2.20. The Labute approximate surface area is 137 Å². The van der Waals surface area contributed by atoms with Crippen molar-refractivity contribution in [3.63, 3.8) is 0 Å². The van der Waals surface area contributed by atoms with Gasteiger partial charge in [0, 0.05) is 5.39 Å². The molecule has 0 bridgehead atoms. The molecular formula is C15H12ClFN2O3S. The SMILES string of the molecule is Cc1cc2onc(C)c2cc1NS(=O)(=O)c1ccc(F)cc1Cl. The molecule has 1 N–H and O–H groups in total. The maximum absolute atomic E-state index is 13.1. The largest absolute Gasteiger partial charge is 0.356 e. The van der Waals surface area contributed by atoms with Gasteiger partial charge in [0.1, 0.15) is 10.7 Å². The van der Waals surface area contributed by atoms with Crippen molar-refractivity contribution in [1.82, 2.24) is 5.16 Å². The summed E-state index contributed by atoms with van der Waals surface area (Å²) in [5.41, 5.74) is 2.27. The lowest BCUT2D eigenvalue weighted by molar-refractivity contribution is 0.450. The fourth-order valence-corrected chi connectivity index (χ4v) is 3.86. The number of nitrogens with one attached hydrogen (secondary N) is 1. The summed E-state index contributed by atoms with van der Waals surface area (Å²) >= 11 is 5.84. The Morgan fingerprint density at radius 1 is 1.22 bits per heavy atom. The van der Waals surface area contributed by atoms with Crippen LogP contribution in [0.2, 0.25) is 5.02 Å². The minimum Gasteiger partial charge on any atom is -0.356 e.